The number of carbonyl (C=O) groups excluding carboxylic acids is 4. The number of amides is 5. The number of aryl methyl sites for hydroxylation is 1. The molecule has 2 atom stereocenters. The van der Waals surface area contributed by atoms with E-state index in [1.54, 1.807) is 4.90 Å². The van der Waals surface area contributed by atoms with E-state index in [1.165, 1.54) is 0 Å². The summed E-state index contributed by atoms with van der Waals surface area (Å²) in [6, 6.07) is 15.1. The Bertz CT molecular complexity index is 2180. The molecule has 6 heterocycles. The number of piperidine rings is 2. The predicted octanol–water partition coefficient (Wildman–Crippen LogP) is 4.75. The van der Waals surface area contributed by atoms with Gasteiger partial charge in [0.05, 0.1) is 12.3 Å². The lowest BCUT2D eigenvalue weighted by atomic mass is 9.98. The van der Waals surface area contributed by atoms with Crippen molar-refractivity contribution < 1.29 is 24.3 Å². The Kier molecular flexibility index (Phi) is 12.1. The van der Waals surface area contributed by atoms with Crippen molar-refractivity contribution in [1.29, 1.82) is 0 Å². The van der Waals surface area contributed by atoms with Gasteiger partial charge in [0.25, 0.3) is 5.91 Å². The van der Waals surface area contributed by atoms with Gasteiger partial charge in [0.2, 0.25) is 11.8 Å². The summed E-state index contributed by atoms with van der Waals surface area (Å²) in [6.07, 6.45) is 7.87. The number of aliphatic hydroxyl groups excluding tert-OH is 1. The Labute approximate surface area is 345 Å². The molecule has 15 nitrogen and oxygen atoms in total. The second kappa shape index (κ2) is 17.8. The van der Waals surface area contributed by atoms with Crippen LogP contribution in [0.15, 0.2) is 54.7 Å². The SMILES string of the molecule is CC(C)c1cnn2c(NCc3ccc(NC(=O)N4CCN(CCCCCc5cccc6c5CN(C5CCC(=O)NC5=O)C6=O)CC4)cc3)cc(N3CCC[C@H](O)C3)nc12. The quantitative estimate of drug-likeness (QED) is 0.109. The Morgan fingerprint density at radius 2 is 1.80 bits per heavy atom. The summed E-state index contributed by atoms with van der Waals surface area (Å²) in [7, 11) is 0. The van der Waals surface area contributed by atoms with Crippen LogP contribution in [0.3, 0.4) is 0 Å². The maximum absolute atomic E-state index is 13.2. The number of anilines is 3. The minimum absolute atomic E-state index is 0.0882. The second-order valence-electron chi connectivity index (χ2n) is 16.7. The fraction of sp³-hybridized carbons (Fsp3) is 0.500. The van der Waals surface area contributed by atoms with Crippen molar-refractivity contribution in [2.24, 2.45) is 0 Å². The maximum Gasteiger partial charge on any atom is 0.321 e. The molecule has 4 aliphatic rings. The van der Waals surface area contributed by atoms with Crippen molar-refractivity contribution in [1.82, 2.24) is 34.6 Å². The molecule has 4 aliphatic heterocycles. The monoisotopic (exact) mass is 804 g/mol. The number of piperazine rings is 1. The highest BCUT2D eigenvalue weighted by Crippen LogP contribution is 2.31. The molecule has 1 unspecified atom stereocenters. The number of imide groups is 1. The molecule has 4 aromatic rings. The topological polar surface area (TPSA) is 168 Å². The lowest BCUT2D eigenvalue weighted by Gasteiger charge is -2.34. The fourth-order valence-corrected chi connectivity index (χ4v) is 8.81. The fourth-order valence-electron chi connectivity index (χ4n) is 8.81. The van der Waals surface area contributed by atoms with Gasteiger partial charge in [0.1, 0.15) is 17.7 Å². The van der Waals surface area contributed by atoms with E-state index in [0.29, 0.717) is 44.7 Å². The molecule has 0 radical (unpaired) electrons. The van der Waals surface area contributed by atoms with Crippen LogP contribution >= 0.6 is 0 Å². The lowest BCUT2D eigenvalue weighted by molar-refractivity contribution is -0.136. The van der Waals surface area contributed by atoms with Crippen LogP contribution in [-0.2, 0) is 29.1 Å². The summed E-state index contributed by atoms with van der Waals surface area (Å²) in [5, 5.41) is 24.0. The van der Waals surface area contributed by atoms with Crippen LogP contribution in [0.4, 0.5) is 22.1 Å². The second-order valence-corrected chi connectivity index (χ2v) is 16.7. The highest BCUT2D eigenvalue weighted by molar-refractivity contribution is 6.05. The zero-order valence-electron chi connectivity index (χ0n) is 34.2. The molecule has 3 fully saturated rings. The molecule has 15 heteroatoms. The average molecular weight is 805 g/mol. The van der Waals surface area contributed by atoms with Crippen LogP contribution in [-0.4, -0.2) is 116 Å². The van der Waals surface area contributed by atoms with Gasteiger partial charge in [-0.1, -0.05) is 44.5 Å². The largest absolute Gasteiger partial charge is 0.391 e. The number of fused-ring (bicyclic) bond motifs is 2. The highest BCUT2D eigenvalue weighted by atomic mass is 16.3. The van der Waals surface area contributed by atoms with Crippen LogP contribution < -0.4 is 20.9 Å². The highest BCUT2D eigenvalue weighted by Gasteiger charge is 2.39. The van der Waals surface area contributed by atoms with E-state index in [2.05, 4.69) is 50.8 Å². The van der Waals surface area contributed by atoms with Crippen molar-refractivity contribution in [3.63, 3.8) is 0 Å². The first-order valence-corrected chi connectivity index (χ1v) is 21.3. The summed E-state index contributed by atoms with van der Waals surface area (Å²) < 4.78 is 1.86. The minimum atomic E-state index is -0.600. The zero-order chi connectivity index (χ0) is 41.0. The van der Waals surface area contributed by atoms with Gasteiger partial charge in [-0.3, -0.25) is 24.6 Å². The summed E-state index contributed by atoms with van der Waals surface area (Å²) >= 11 is 0. The molecule has 2 aromatic carbocycles. The smallest absolute Gasteiger partial charge is 0.321 e. The first-order valence-electron chi connectivity index (χ1n) is 21.3. The number of carbonyl (C=O) groups is 4. The molecular weight excluding hydrogens is 749 g/mol. The van der Waals surface area contributed by atoms with Gasteiger partial charge in [-0.15, -0.1) is 0 Å². The van der Waals surface area contributed by atoms with Crippen LogP contribution in [0, 0.1) is 0 Å². The Morgan fingerprint density at radius 1 is 0.983 bits per heavy atom. The maximum atomic E-state index is 13.2. The van der Waals surface area contributed by atoms with Crippen molar-refractivity contribution in [3.8, 4) is 0 Å². The Hall–Kier alpha value is -5.54. The number of β-amino-alcohol motifs (C(OH)–C–C–N with tert-alkyl or cyclic N) is 1. The van der Waals surface area contributed by atoms with Gasteiger partial charge >= 0.3 is 6.03 Å². The van der Waals surface area contributed by atoms with Gasteiger partial charge < -0.3 is 30.4 Å². The minimum Gasteiger partial charge on any atom is -0.391 e. The zero-order valence-corrected chi connectivity index (χ0v) is 34.2. The van der Waals surface area contributed by atoms with Crippen LogP contribution in [0.25, 0.3) is 5.65 Å². The summed E-state index contributed by atoms with van der Waals surface area (Å²) in [4.78, 5) is 63.5. The third-order valence-electron chi connectivity index (χ3n) is 12.3. The van der Waals surface area contributed by atoms with Crippen molar-refractivity contribution in [2.75, 3.05) is 61.3 Å². The van der Waals surface area contributed by atoms with Gasteiger partial charge in [-0.25, -0.2) is 9.78 Å². The first kappa shape index (κ1) is 40.2. The van der Waals surface area contributed by atoms with E-state index in [9.17, 15) is 24.3 Å². The predicted molar refractivity (Wildman–Crippen MR) is 225 cm³/mol. The molecule has 59 heavy (non-hydrogen) atoms. The van der Waals surface area contributed by atoms with Crippen molar-refractivity contribution in [2.45, 2.75) is 96.4 Å². The van der Waals surface area contributed by atoms with Crippen LogP contribution in [0.1, 0.15) is 97.3 Å². The van der Waals surface area contributed by atoms with Gasteiger partial charge in [0.15, 0.2) is 5.65 Å². The Morgan fingerprint density at radius 3 is 2.56 bits per heavy atom. The number of aromatic nitrogens is 3. The van der Waals surface area contributed by atoms with E-state index in [0.717, 1.165) is 110 Å². The van der Waals surface area contributed by atoms with E-state index in [4.69, 9.17) is 4.98 Å². The van der Waals surface area contributed by atoms with Crippen LogP contribution in [0.5, 0.6) is 0 Å². The number of benzene rings is 2. The number of unbranched alkanes of at least 4 members (excludes halogenated alkanes) is 2. The molecule has 0 saturated carbocycles. The molecule has 0 spiro atoms. The number of nitrogens with one attached hydrogen (secondary N) is 3. The van der Waals surface area contributed by atoms with Crippen LogP contribution in [0.2, 0.25) is 0 Å². The summed E-state index contributed by atoms with van der Waals surface area (Å²) in [5.74, 6) is 1.15. The van der Waals surface area contributed by atoms with E-state index >= 15 is 0 Å². The third-order valence-corrected chi connectivity index (χ3v) is 12.3. The molecular formula is C44H56N10O5. The molecule has 8 rings (SSSR count). The standard InChI is InChI=1S/C44H56N10O5/c1-29(2)35-26-46-54-38(24-39(48-41(35)54)52-19-7-10-33(55)27-52)45-25-30-12-14-32(15-13-30)47-44(59)51-22-20-50(21-23-51)18-5-3-4-8-31-9-6-11-34-36(31)28-53(43(34)58)37-16-17-40(56)49-42(37)57/h6,9,11-15,24,26,29,33,37,45,55H,3-5,7-8,10,16-23,25,27-28H2,1-2H3,(H,47,59)(H,49,56,57)/t33-,37?/m0/s1. The number of rotatable bonds is 13. The normalized spacial score (nSPS) is 20.1. The van der Waals surface area contributed by atoms with E-state index in [-0.39, 0.29) is 42.2 Å². The molecule has 3 saturated heterocycles. The lowest BCUT2D eigenvalue weighted by Crippen LogP contribution is -2.52. The molecule has 0 aliphatic carbocycles. The molecule has 312 valence electrons. The average Bonchev–Trinajstić information content (AvgIpc) is 3.82. The van der Waals surface area contributed by atoms with E-state index in [1.807, 2.05) is 58.1 Å². The first-order chi connectivity index (χ1) is 28.6. The third kappa shape index (κ3) is 9.05. The van der Waals surface area contributed by atoms with Gasteiger partial charge in [-0.05, 0) is 85.9 Å². The number of nitrogens with zero attached hydrogens (tertiary/aromatic N) is 7. The summed E-state index contributed by atoms with van der Waals surface area (Å²) in [5.41, 5.74) is 6.55. The number of aliphatic hydroxyl groups is 1. The van der Waals surface area contributed by atoms with Crippen molar-refractivity contribution >= 4 is 46.7 Å². The molecule has 4 N–H and O–H groups in total. The van der Waals surface area contributed by atoms with Crippen molar-refractivity contribution in [3.05, 3.63) is 82.5 Å². The Balaban J connectivity index is 0.764. The number of urea groups is 1. The molecule has 5 amide bonds. The van der Waals surface area contributed by atoms with E-state index < -0.39 is 6.04 Å². The summed E-state index contributed by atoms with van der Waals surface area (Å²) in [6.45, 7) is 10.7. The van der Waals surface area contributed by atoms with Gasteiger partial charge in [-0.2, -0.15) is 9.61 Å². The number of hydrogen-bond donors (Lipinski definition) is 4. The molecule has 2 aromatic heterocycles. The number of hydrogen-bond acceptors (Lipinski definition) is 10. The molecule has 0 bridgehead atoms. The van der Waals surface area contributed by atoms with Gasteiger partial charge in [0, 0.05) is 81.7 Å².